The number of aliphatic imine (C=N–C) groups is 1. The maximum Gasteiger partial charge on any atom is 0.0578 e. The van der Waals surface area contributed by atoms with Crippen molar-refractivity contribution in [3.05, 3.63) is 29.6 Å². The van der Waals surface area contributed by atoms with Crippen LogP contribution in [0.4, 0.5) is 0 Å². The minimum absolute atomic E-state index is 0.502. The second-order valence-corrected chi connectivity index (χ2v) is 5.41. The van der Waals surface area contributed by atoms with Gasteiger partial charge >= 0.3 is 0 Å². The standard InChI is InChI=1S/C16H28N4/c1-14(2)15-7-6-9-19-16(15)13-20(12-10-18-3)11-5-4-8-17/h6-7,9,14H,3-5,8,10-13,17H2,1-2H3. The van der Waals surface area contributed by atoms with Gasteiger partial charge in [0, 0.05) is 19.3 Å². The molecule has 0 spiro atoms. The predicted molar refractivity (Wildman–Crippen MR) is 86.3 cm³/mol. The average Bonchev–Trinajstić information content (AvgIpc) is 2.45. The first-order valence-electron chi connectivity index (χ1n) is 7.47. The summed E-state index contributed by atoms with van der Waals surface area (Å²) < 4.78 is 0. The first-order valence-corrected chi connectivity index (χ1v) is 7.47. The summed E-state index contributed by atoms with van der Waals surface area (Å²) in [4.78, 5) is 10.9. The van der Waals surface area contributed by atoms with E-state index in [9.17, 15) is 0 Å². The summed E-state index contributed by atoms with van der Waals surface area (Å²) in [7, 11) is 0. The molecule has 112 valence electrons. The highest BCUT2D eigenvalue weighted by Gasteiger charge is 2.11. The van der Waals surface area contributed by atoms with Gasteiger partial charge < -0.3 is 5.73 Å². The van der Waals surface area contributed by atoms with E-state index in [2.05, 4.69) is 41.5 Å². The van der Waals surface area contributed by atoms with Crippen molar-refractivity contribution >= 4 is 6.72 Å². The van der Waals surface area contributed by atoms with Gasteiger partial charge in [0.1, 0.15) is 0 Å². The van der Waals surface area contributed by atoms with E-state index < -0.39 is 0 Å². The number of unbranched alkanes of at least 4 members (excludes halogenated alkanes) is 1. The summed E-state index contributed by atoms with van der Waals surface area (Å²) in [5.74, 6) is 0.502. The van der Waals surface area contributed by atoms with Gasteiger partial charge in [-0.1, -0.05) is 19.9 Å². The van der Waals surface area contributed by atoms with Crippen LogP contribution in [-0.2, 0) is 6.54 Å². The first kappa shape index (κ1) is 16.8. The molecule has 0 radical (unpaired) electrons. The summed E-state index contributed by atoms with van der Waals surface area (Å²) in [6.45, 7) is 12.4. The Bertz CT molecular complexity index is 390. The van der Waals surface area contributed by atoms with Crippen molar-refractivity contribution in [3.8, 4) is 0 Å². The highest BCUT2D eigenvalue weighted by Crippen LogP contribution is 2.18. The summed E-state index contributed by atoms with van der Waals surface area (Å²) in [6.07, 6.45) is 4.07. The van der Waals surface area contributed by atoms with Gasteiger partial charge in [0.2, 0.25) is 0 Å². The monoisotopic (exact) mass is 276 g/mol. The van der Waals surface area contributed by atoms with E-state index in [4.69, 9.17) is 5.73 Å². The van der Waals surface area contributed by atoms with Gasteiger partial charge in [0.25, 0.3) is 0 Å². The van der Waals surface area contributed by atoms with Gasteiger partial charge in [-0.15, -0.1) is 0 Å². The van der Waals surface area contributed by atoms with E-state index in [-0.39, 0.29) is 0 Å². The lowest BCUT2D eigenvalue weighted by Crippen LogP contribution is -2.28. The number of hydrogen-bond donors (Lipinski definition) is 1. The number of aromatic nitrogens is 1. The molecule has 1 heterocycles. The van der Waals surface area contributed by atoms with Crippen LogP contribution in [0.5, 0.6) is 0 Å². The van der Waals surface area contributed by atoms with Gasteiger partial charge in [-0.2, -0.15) is 0 Å². The minimum Gasteiger partial charge on any atom is -0.330 e. The molecule has 0 atom stereocenters. The van der Waals surface area contributed by atoms with Gasteiger partial charge in [0.05, 0.1) is 12.2 Å². The molecule has 0 aliphatic rings. The van der Waals surface area contributed by atoms with Crippen molar-refractivity contribution < 1.29 is 0 Å². The summed E-state index contributed by atoms with van der Waals surface area (Å²) >= 11 is 0. The maximum absolute atomic E-state index is 5.57. The molecule has 0 aromatic carbocycles. The second-order valence-electron chi connectivity index (χ2n) is 5.41. The molecular formula is C16H28N4. The smallest absolute Gasteiger partial charge is 0.0578 e. The summed E-state index contributed by atoms with van der Waals surface area (Å²) in [6, 6.07) is 4.19. The van der Waals surface area contributed by atoms with Crippen molar-refractivity contribution in [1.82, 2.24) is 9.88 Å². The van der Waals surface area contributed by atoms with Gasteiger partial charge in [-0.25, -0.2) is 0 Å². The van der Waals surface area contributed by atoms with Crippen LogP contribution in [0.3, 0.4) is 0 Å². The van der Waals surface area contributed by atoms with Gasteiger partial charge in [-0.05, 0) is 50.2 Å². The molecule has 0 unspecified atom stereocenters. The number of nitrogens with two attached hydrogens (primary N) is 1. The Morgan fingerprint density at radius 3 is 2.80 bits per heavy atom. The SMILES string of the molecule is C=NCCN(CCCCN)Cc1ncccc1C(C)C. The molecule has 0 amide bonds. The molecule has 2 N–H and O–H groups in total. The molecule has 1 rings (SSSR count). The first-order chi connectivity index (χ1) is 9.69. The van der Waals surface area contributed by atoms with Crippen LogP contribution >= 0.6 is 0 Å². The Kier molecular flexibility index (Phi) is 8.07. The molecule has 0 bridgehead atoms. The highest BCUT2D eigenvalue weighted by atomic mass is 15.1. The third kappa shape index (κ3) is 5.80. The van der Waals surface area contributed by atoms with E-state index in [1.165, 1.54) is 11.3 Å². The molecule has 1 aromatic heterocycles. The zero-order chi connectivity index (χ0) is 14.8. The van der Waals surface area contributed by atoms with Crippen LogP contribution in [-0.4, -0.2) is 42.8 Å². The van der Waals surface area contributed by atoms with Crippen LogP contribution in [0.15, 0.2) is 23.3 Å². The van der Waals surface area contributed by atoms with Crippen molar-refractivity contribution in [2.75, 3.05) is 26.2 Å². The Morgan fingerprint density at radius 1 is 1.35 bits per heavy atom. The van der Waals surface area contributed by atoms with Crippen LogP contribution in [0, 0.1) is 0 Å². The molecule has 4 nitrogen and oxygen atoms in total. The number of pyridine rings is 1. The van der Waals surface area contributed by atoms with Crippen LogP contribution in [0.25, 0.3) is 0 Å². The van der Waals surface area contributed by atoms with E-state index >= 15 is 0 Å². The maximum atomic E-state index is 5.57. The summed E-state index contributed by atoms with van der Waals surface area (Å²) in [5.41, 5.74) is 8.09. The van der Waals surface area contributed by atoms with Crippen LogP contribution < -0.4 is 5.73 Å². The molecule has 0 saturated heterocycles. The van der Waals surface area contributed by atoms with Crippen molar-refractivity contribution in [2.45, 2.75) is 39.2 Å². The predicted octanol–water partition coefficient (Wildman–Crippen LogP) is 2.45. The van der Waals surface area contributed by atoms with Crippen molar-refractivity contribution in [2.24, 2.45) is 10.7 Å². The van der Waals surface area contributed by atoms with Crippen LogP contribution in [0.2, 0.25) is 0 Å². The number of nitrogens with zero attached hydrogens (tertiary/aromatic N) is 3. The molecule has 0 aliphatic carbocycles. The Hall–Kier alpha value is -1.26. The molecule has 4 heteroatoms. The lowest BCUT2D eigenvalue weighted by Gasteiger charge is -2.23. The average molecular weight is 276 g/mol. The molecule has 20 heavy (non-hydrogen) atoms. The van der Waals surface area contributed by atoms with Crippen molar-refractivity contribution in [1.29, 1.82) is 0 Å². The van der Waals surface area contributed by atoms with Crippen LogP contribution in [0.1, 0.15) is 43.9 Å². The van der Waals surface area contributed by atoms with Gasteiger partial charge in [0.15, 0.2) is 0 Å². The lowest BCUT2D eigenvalue weighted by atomic mass is 10.0. The highest BCUT2D eigenvalue weighted by molar-refractivity contribution is 5.23. The number of hydrogen-bond acceptors (Lipinski definition) is 4. The Labute approximate surface area is 123 Å². The van der Waals surface area contributed by atoms with Gasteiger partial charge in [-0.3, -0.25) is 14.9 Å². The van der Waals surface area contributed by atoms with E-state index in [0.717, 1.165) is 45.6 Å². The van der Waals surface area contributed by atoms with E-state index in [0.29, 0.717) is 5.92 Å². The molecular weight excluding hydrogens is 248 g/mol. The van der Waals surface area contributed by atoms with Crippen molar-refractivity contribution in [3.63, 3.8) is 0 Å². The quantitative estimate of drug-likeness (QED) is 0.527. The molecule has 0 fully saturated rings. The normalized spacial score (nSPS) is 11.2. The second kappa shape index (κ2) is 9.61. The minimum atomic E-state index is 0.502. The molecule has 0 saturated carbocycles. The zero-order valence-electron chi connectivity index (χ0n) is 12.9. The fraction of sp³-hybridized carbons (Fsp3) is 0.625. The zero-order valence-corrected chi connectivity index (χ0v) is 12.9. The lowest BCUT2D eigenvalue weighted by molar-refractivity contribution is 0.264. The fourth-order valence-electron chi connectivity index (χ4n) is 2.28. The summed E-state index contributed by atoms with van der Waals surface area (Å²) in [5, 5.41) is 0. The molecule has 1 aromatic rings. The third-order valence-corrected chi connectivity index (χ3v) is 3.42. The Balaban J connectivity index is 2.69. The largest absolute Gasteiger partial charge is 0.330 e. The topological polar surface area (TPSA) is 54.5 Å². The molecule has 0 aliphatic heterocycles. The number of rotatable bonds is 10. The third-order valence-electron chi connectivity index (χ3n) is 3.42. The van der Waals surface area contributed by atoms with E-state index in [1.54, 1.807) is 0 Å². The van der Waals surface area contributed by atoms with E-state index in [1.807, 2.05) is 12.3 Å². The fourth-order valence-corrected chi connectivity index (χ4v) is 2.28. The Morgan fingerprint density at radius 2 is 2.15 bits per heavy atom.